The average Bonchev–Trinajstić information content (AvgIpc) is 2.27. The van der Waals surface area contributed by atoms with Crippen LogP contribution in [0.2, 0.25) is 5.02 Å². The quantitative estimate of drug-likeness (QED) is 0.632. The van der Waals surface area contributed by atoms with Crippen molar-refractivity contribution in [2.24, 2.45) is 5.73 Å². The number of aromatic nitrogens is 1. The van der Waals surface area contributed by atoms with Crippen LogP contribution in [0.1, 0.15) is 19.4 Å². The molecule has 0 spiro atoms. The van der Waals surface area contributed by atoms with Gasteiger partial charge in [0, 0.05) is 24.8 Å². The number of ether oxygens (including phenoxy) is 1. The van der Waals surface area contributed by atoms with E-state index in [-0.39, 0.29) is 11.4 Å². The number of hydrogen-bond donors (Lipinski definition) is 2. The van der Waals surface area contributed by atoms with Crippen LogP contribution in [0.4, 0.5) is 5.82 Å². The molecule has 0 amide bonds. The summed E-state index contributed by atoms with van der Waals surface area (Å²) in [5.41, 5.74) is 5.79. The smallest absolute Gasteiger partial charge is 0.148 e. The molecule has 0 bridgehead atoms. The molecule has 1 saturated heterocycles. The van der Waals surface area contributed by atoms with Crippen molar-refractivity contribution in [3.8, 4) is 0 Å². The second-order valence-corrected chi connectivity index (χ2v) is 5.32. The summed E-state index contributed by atoms with van der Waals surface area (Å²) < 4.78 is 5.66. The van der Waals surface area contributed by atoms with Crippen molar-refractivity contribution in [3.05, 3.63) is 22.8 Å². The van der Waals surface area contributed by atoms with Gasteiger partial charge in [0.25, 0.3) is 0 Å². The molecule has 2 heterocycles. The Bertz CT molecular complexity index is 475. The van der Waals surface area contributed by atoms with E-state index < -0.39 is 0 Å². The summed E-state index contributed by atoms with van der Waals surface area (Å²) >= 11 is 6.26. The molecule has 6 heteroatoms. The number of morpholine rings is 1. The zero-order chi connectivity index (χ0) is 13.3. The Balaban J connectivity index is 2.34. The molecule has 0 aliphatic carbocycles. The number of nitrogen functional groups attached to an aromatic ring is 1. The molecule has 1 aliphatic rings. The number of halogens is 1. The molecule has 5 nitrogen and oxygen atoms in total. The van der Waals surface area contributed by atoms with Gasteiger partial charge in [-0.3, -0.25) is 5.41 Å². The van der Waals surface area contributed by atoms with Crippen LogP contribution in [0, 0.1) is 5.41 Å². The summed E-state index contributed by atoms with van der Waals surface area (Å²) in [6.07, 6.45) is 1.63. The minimum atomic E-state index is -0.227. The number of hydrogen-bond acceptors (Lipinski definition) is 4. The second-order valence-electron chi connectivity index (χ2n) is 4.94. The van der Waals surface area contributed by atoms with E-state index in [1.807, 2.05) is 13.8 Å². The predicted molar refractivity (Wildman–Crippen MR) is 72.5 cm³/mol. The van der Waals surface area contributed by atoms with E-state index in [4.69, 9.17) is 27.5 Å². The molecule has 0 unspecified atom stereocenters. The van der Waals surface area contributed by atoms with Gasteiger partial charge in [-0.05, 0) is 19.9 Å². The van der Waals surface area contributed by atoms with Crippen molar-refractivity contribution in [2.45, 2.75) is 19.4 Å². The Morgan fingerprint density at radius 3 is 2.94 bits per heavy atom. The molecular weight excluding hydrogens is 252 g/mol. The Morgan fingerprint density at radius 2 is 2.33 bits per heavy atom. The molecule has 3 N–H and O–H groups in total. The van der Waals surface area contributed by atoms with Gasteiger partial charge in [-0.1, -0.05) is 11.6 Å². The molecule has 98 valence electrons. The fraction of sp³-hybridized carbons (Fsp3) is 0.500. The first-order chi connectivity index (χ1) is 8.41. The third-order valence-electron chi connectivity index (χ3n) is 2.89. The van der Waals surface area contributed by atoms with Crippen LogP contribution in [0.3, 0.4) is 0 Å². The van der Waals surface area contributed by atoms with E-state index in [0.717, 1.165) is 6.54 Å². The minimum absolute atomic E-state index is 0.0452. The highest BCUT2D eigenvalue weighted by Gasteiger charge is 2.29. The summed E-state index contributed by atoms with van der Waals surface area (Å²) in [6, 6.07) is 1.65. The highest BCUT2D eigenvalue weighted by atomic mass is 35.5. The Kier molecular flexibility index (Phi) is 3.45. The molecule has 0 radical (unpaired) electrons. The van der Waals surface area contributed by atoms with Gasteiger partial charge in [-0.2, -0.15) is 0 Å². The van der Waals surface area contributed by atoms with Crippen LogP contribution in [0.15, 0.2) is 12.3 Å². The number of anilines is 1. The second kappa shape index (κ2) is 4.74. The summed E-state index contributed by atoms with van der Waals surface area (Å²) in [6.45, 7) is 6.14. The largest absolute Gasteiger partial charge is 0.384 e. The normalized spacial score (nSPS) is 18.7. The lowest BCUT2D eigenvalue weighted by Gasteiger charge is -2.39. The number of pyridine rings is 1. The van der Waals surface area contributed by atoms with E-state index in [2.05, 4.69) is 9.88 Å². The third kappa shape index (κ3) is 2.57. The zero-order valence-corrected chi connectivity index (χ0v) is 11.3. The first kappa shape index (κ1) is 13.1. The number of nitrogens with two attached hydrogens (primary N) is 1. The van der Waals surface area contributed by atoms with Gasteiger partial charge in [-0.25, -0.2) is 4.98 Å². The van der Waals surface area contributed by atoms with Crippen LogP contribution < -0.4 is 10.6 Å². The molecule has 1 aliphatic heterocycles. The van der Waals surface area contributed by atoms with E-state index in [1.165, 1.54) is 0 Å². The molecule has 0 atom stereocenters. The Morgan fingerprint density at radius 1 is 1.61 bits per heavy atom. The SMILES string of the molecule is CC1(C)CN(c2nccc(C(=N)N)c2Cl)CCO1. The zero-order valence-electron chi connectivity index (χ0n) is 10.5. The van der Waals surface area contributed by atoms with Crippen molar-refractivity contribution in [3.63, 3.8) is 0 Å². The van der Waals surface area contributed by atoms with Gasteiger partial charge >= 0.3 is 0 Å². The Labute approximate surface area is 111 Å². The van der Waals surface area contributed by atoms with Gasteiger partial charge in [0.2, 0.25) is 0 Å². The summed E-state index contributed by atoms with van der Waals surface area (Å²) in [7, 11) is 0. The fourth-order valence-corrected chi connectivity index (χ4v) is 2.39. The van der Waals surface area contributed by atoms with Crippen molar-refractivity contribution in [2.75, 3.05) is 24.6 Å². The molecule has 0 saturated carbocycles. The molecule has 1 fully saturated rings. The molecule has 18 heavy (non-hydrogen) atoms. The lowest BCUT2D eigenvalue weighted by atomic mass is 10.1. The van der Waals surface area contributed by atoms with Crippen LogP contribution in [0.25, 0.3) is 0 Å². The van der Waals surface area contributed by atoms with Crippen LogP contribution in [0.5, 0.6) is 0 Å². The highest BCUT2D eigenvalue weighted by molar-refractivity contribution is 6.36. The number of nitrogens with zero attached hydrogens (tertiary/aromatic N) is 2. The summed E-state index contributed by atoms with van der Waals surface area (Å²) in [5, 5.41) is 7.92. The maximum absolute atomic E-state index is 7.49. The number of nitrogens with one attached hydrogen (secondary N) is 1. The maximum atomic E-state index is 7.49. The summed E-state index contributed by atoms with van der Waals surface area (Å²) in [4.78, 5) is 6.36. The van der Waals surface area contributed by atoms with Gasteiger partial charge in [0.1, 0.15) is 11.7 Å². The average molecular weight is 269 g/mol. The van der Waals surface area contributed by atoms with Crippen LogP contribution in [-0.2, 0) is 4.74 Å². The fourth-order valence-electron chi connectivity index (χ4n) is 2.06. The lowest BCUT2D eigenvalue weighted by Crippen LogP contribution is -2.48. The standard InChI is InChI=1S/C12H17ClN4O/c1-12(2)7-17(5-6-18-12)11-9(13)8(10(14)15)3-4-16-11/h3-4H,5-7H2,1-2H3,(H3,14,15). The van der Waals surface area contributed by atoms with Crippen molar-refractivity contribution in [1.29, 1.82) is 5.41 Å². The topological polar surface area (TPSA) is 75.2 Å². The maximum Gasteiger partial charge on any atom is 0.148 e. The third-order valence-corrected chi connectivity index (χ3v) is 3.26. The number of rotatable bonds is 2. The van der Waals surface area contributed by atoms with Gasteiger partial charge < -0.3 is 15.4 Å². The lowest BCUT2D eigenvalue weighted by molar-refractivity contribution is -0.0279. The van der Waals surface area contributed by atoms with E-state index >= 15 is 0 Å². The Hall–Kier alpha value is -1.33. The predicted octanol–water partition coefficient (Wildman–Crippen LogP) is 1.63. The monoisotopic (exact) mass is 268 g/mol. The molecular formula is C12H17ClN4O. The highest BCUT2D eigenvalue weighted by Crippen LogP contribution is 2.29. The van der Waals surface area contributed by atoms with E-state index in [9.17, 15) is 0 Å². The first-order valence-corrected chi connectivity index (χ1v) is 6.16. The van der Waals surface area contributed by atoms with Gasteiger partial charge in [-0.15, -0.1) is 0 Å². The molecule has 0 aromatic carbocycles. The van der Waals surface area contributed by atoms with E-state index in [1.54, 1.807) is 12.3 Å². The molecule has 2 rings (SSSR count). The number of amidine groups is 1. The summed E-state index contributed by atoms with van der Waals surface area (Å²) in [5.74, 6) is 0.622. The van der Waals surface area contributed by atoms with Crippen molar-refractivity contribution in [1.82, 2.24) is 4.98 Å². The first-order valence-electron chi connectivity index (χ1n) is 5.78. The van der Waals surface area contributed by atoms with Crippen LogP contribution in [-0.4, -0.2) is 36.1 Å². The van der Waals surface area contributed by atoms with Crippen LogP contribution >= 0.6 is 11.6 Å². The molecule has 1 aromatic heterocycles. The minimum Gasteiger partial charge on any atom is -0.384 e. The van der Waals surface area contributed by atoms with Gasteiger partial charge in [0.15, 0.2) is 0 Å². The van der Waals surface area contributed by atoms with E-state index in [0.29, 0.717) is 29.6 Å². The van der Waals surface area contributed by atoms with Crippen molar-refractivity contribution < 1.29 is 4.74 Å². The molecule has 1 aromatic rings. The van der Waals surface area contributed by atoms with Gasteiger partial charge in [0.05, 0.1) is 17.2 Å². The van der Waals surface area contributed by atoms with Crippen molar-refractivity contribution >= 4 is 23.3 Å².